The Bertz CT molecular complexity index is 1100. The van der Waals surface area contributed by atoms with Gasteiger partial charge < -0.3 is 15.3 Å². The molecule has 164 valence electrons. The van der Waals surface area contributed by atoms with Gasteiger partial charge in [-0.15, -0.1) is 11.3 Å². The lowest BCUT2D eigenvalue weighted by Gasteiger charge is -2.36. The standard InChI is InChI=1S/C23H28N4O3S/c1-15-19(14-25-26(15)2)23(30)27-11-6-5-7-16(27)13-18-17-8-3-4-9-20(17)31-21(18)22(29)24-10-12-28/h3-4,8-9,14,16,28H,5-7,10-13H2,1-2H3,(H,24,29)/t16-/m1/s1. The minimum absolute atomic E-state index is 0.0149. The smallest absolute Gasteiger partial charge is 0.261 e. The predicted molar refractivity (Wildman–Crippen MR) is 122 cm³/mol. The van der Waals surface area contributed by atoms with Crippen LogP contribution in [0.5, 0.6) is 0 Å². The number of likely N-dealkylation sites (tertiary alicyclic amines) is 1. The number of fused-ring (bicyclic) bond motifs is 1. The molecule has 0 saturated carbocycles. The molecule has 2 N–H and O–H groups in total. The van der Waals surface area contributed by atoms with Gasteiger partial charge in [-0.25, -0.2) is 0 Å². The summed E-state index contributed by atoms with van der Waals surface area (Å²) in [5.74, 6) is -0.150. The summed E-state index contributed by atoms with van der Waals surface area (Å²) in [6.45, 7) is 2.75. The maximum Gasteiger partial charge on any atom is 0.261 e. The van der Waals surface area contributed by atoms with Crippen molar-refractivity contribution in [2.75, 3.05) is 19.7 Å². The maximum atomic E-state index is 13.4. The number of aromatic nitrogens is 2. The zero-order valence-corrected chi connectivity index (χ0v) is 18.7. The van der Waals surface area contributed by atoms with Gasteiger partial charge in [-0.1, -0.05) is 18.2 Å². The van der Waals surface area contributed by atoms with Gasteiger partial charge in [0.1, 0.15) is 0 Å². The second-order valence-electron chi connectivity index (χ2n) is 8.00. The van der Waals surface area contributed by atoms with Crippen LogP contribution >= 0.6 is 11.3 Å². The molecule has 2 amide bonds. The Hall–Kier alpha value is -2.71. The molecule has 1 aliphatic rings. The van der Waals surface area contributed by atoms with Gasteiger partial charge in [-0.05, 0) is 49.6 Å². The predicted octanol–water partition coefficient (Wildman–Crippen LogP) is 2.90. The van der Waals surface area contributed by atoms with Gasteiger partial charge >= 0.3 is 0 Å². The number of hydrogen-bond donors (Lipinski definition) is 2. The minimum atomic E-state index is -0.165. The summed E-state index contributed by atoms with van der Waals surface area (Å²) >= 11 is 1.47. The van der Waals surface area contributed by atoms with Gasteiger partial charge in [-0.2, -0.15) is 5.10 Å². The number of amides is 2. The number of aliphatic hydroxyl groups excluding tert-OH is 1. The monoisotopic (exact) mass is 440 g/mol. The SMILES string of the molecule is Cc1c(C(=O)N2CCCC[C@@H]2Cc2c(C(=O)NCCO)sc3ccccc23)cnn1C. The van der Waals surface area contributed by atoms with Crippen molar-refractivity contribution in [1.82, 2.24) is 20.0 Å². The molecule has 1 fully saturated rings. The van der Waals surface area contributed by atoms with E-state index in [4.69, 9.17) is 5.11 Å². The molecule has 1 saturated heterocycles. The Labute approximate surface area is 185 Å². The Kier molecular flexibility index (Phi) is 6.38. The van der Waals surface area contributed by atoms with E-state index in [0.29, 0.717) is 23.4 Å². The third-order valence-electron chi connectivity index (χ3n) is 6.10. The summed E-state index contributed by atoms with van der Waals surface area (Å²) in [5, 5.41) is 17.2. The molecule has 0 spiro atoms. The van der Waals surface area contributed by atoms with Crippen LogP contribution in [0.3, 0.4) is 0 Å². The number of carbonyl (C=O) groups excluding carboxylic acids is 2. The lowest BCUT2D eigenvalue weighted by atomic mass is 9.93. The van der Waals surface area contributed by atoms with Crippen molar-refractivity contribution >= 4 is 33.2 Å². The highest BCUT2D eigenvalue weighted by atomic mass is 32.1. The number of nitrogens with one attached hydrogen (secondary N) is 1. The number of benzene rings is 1. The lowest BCUT2D eigenvalue weighted by molar-refractivity contribution is 0.0613. The van der Waals surface area contributed by atoms with Crippen LogP contribution in [0.2, 0.25) is 0 Å². The van der Waals surface area contributed by atoms with Crippen molar-refractivity contribution in [3.05, 3.63) is 52.2 Å². The highest BCUT2D eigenvalue weighted by Crippen LogP contribution is 2.34. The van der Waals surface area contributed by atoms with Gasteiger partial charge in [0.25, 0.3) is 11.8 Å². The molecule has 0 unspecified atom stereocenters. The first-order chi connectivity index (χ1) is 15.0. The van der Waals surface area contributed by atoms with Crippen molar-refractivity contribution in [2.45, 2.75) is 38.6 Å². The third kappa shape index (κ3) is 4.22. The van der Waals surface area contributed by atoms with Crippen LogP contribution < -0.4 is 5.32 Å². The summed E-state index contributed by atoms with van der Waals surface area (Å²) in [6, 6.07) is 8.05. The van der Waals surface area contributed by atoms with E-state index in [9.17, 15) is 9.59 Å². The van der Waals surface area contributed by atoms with Crippen molar-refractivity contribution in [1.29, 1.82) is 0 Å². The number of aliphatic hydroxyl groups is 1. The lowest BCUT2D eigenvalue weighted by Crippen LogP contribution is -2.45. The average molecular weight is 441 g/mol. The number of thiophene rings is 1. The van der Waals surface area contributed by atoms with E-state index in [1.807, 2.05) is 43.1 Å². The zero-order chi connectivity index (χ0) is 22.0. The summed E-state index contributed by atoms with van der Waals surface area (Å²) in [7, 11) is 1.84. The van der Waals surface area contributed by atoms with Gasteiger partial charge in [0.05, 0.1) is 23.2 Å². The molecule has 31 heavy (non-hydrogen) atoms. The van der Waals surface area contributed by atoms with E-state index in [2.05, 4.69) is 10.4 Å². The molecule has 3 heterocycles. The van der Waals surface area contributed by atoms with E-state index < -0.39 is 0 Å². The second-order valence-corrected chi connectivity index (χ2v) is 9.06. The first kappa shape index (κ1) is 21.5. The first-order valence-electron chi connectivity index (χ1n) is 10.7. The Morgan fingerprint density at radius 2 is 2.10 bits per heavy atom. The van der Waals surface area contributed by atoms with Crippen molar-refractivity contribution in [3.63, 3.8) is 0 Å². The number of nitrogens with zero attached hydrogens (tertiary/aromatic N) is 3. The molecule has 8 heteroatoms. The molecule has 0 bridgehead atoms. The third-order valence-corrected chi connectivity index (χ3v) is 7.31. The second kappa shape index (κ2) is 9.20. The Morgan fingerprint density at radius 3 is 2.84 bits per heavy atom. The Morgan fingerprint density at radius 1 is 1.29 bits per heavy atom. The van der Waals surface area contributed by atoms with Crippen molar-refractivity contribution in [2.24, 2.45) is 7.05 Å². The molecule has 0 aliphatic carbocycles. The quantitative estimate of drug-likeness (QED) is 0.617. The molecule has 3 aromatic rings. The minimum Gasteiger partial charge on any atom is -0.395 e. The number of aryl methyl sites for hydroxylation is 1. The summed E-state index contributed by atoms with van der Waals surface area (Å²) in [6.07, 6.45) is 5.24. The molecular weight excluding hydrogens is 412 g/mol. The Balaban J connectivity index is 1.67. The van der Waals surface area contributed by atoms with Crippen LogP contribution in [0, 0.1) is 6.92 Å². The number of carbonyl (C=O) groups is 2. The van der Waals surface area contributed by atoms with Crippen molar-refractivity contribution in [3.8, 4) is 0 Å². The van der Waals surface area contributed by atoms with Crippen molar-refractivity contribution < 1.29 is 14.7 Å². The van der Waals surface area contributed by atoms with Crippen LogP contribution in [0.25, 0.3) is 10.1 Å². The van der Waals surface area contributed by atoms with Crippen LogP contribution in [0.4, 0.5) is 0 Å². The fourth-order valence-electron chi connectivity index (χ4n) is 4.31. The first-order valence-corrected chi connectivity index (χ1v) is 11.5. The summed E-state index contributed by atoms with van der Waals surface area (Å²) in [5.41, 5.74) is 2.49. The van der Waals surface area contributed by atoms with Gasteiger partial charge in [0.2, 0.25) is 0 Å². The maximum absolute atomic E-state index is 13.4. The fourth-order valence-corrected chi connectivity index (χ4v) is 5.46. The molecule has 1 atom stereocenters. The largest absolute Gasteiger partial charge is 0.395 e. The highest BCUT2D eigenvalue weighted by Gasteiger charge is 2.31. The molecule has 0 radical (unpaired) electrons. The van der Waals surface area contributed by atoms with E-state index >= 15 is 0 Å². The van der Waals surface area contributed by atoms with Crippen LogP contribution in [0.1, 0.15) is 50.5 Å². The van der Waals surface area contributed by atoms with Gasteiger partial charge in [0.15, 0.2) is 0 Å². The van der Waals surface area contributed by atoms with Crippen LogP contribution in [-0.4, -0.2) is 57.3 Å². The van der Waals surface area contributed by atoms with Gasteiger partial charge in [0, 0.05) is 36.6 Å². The summed E-state index contributed by atoms with van der Waals surface area (Å²) < 4.78 is 2.78. The zero-order valence-electron chi connectivity index (χ0n) is 17.9. The molecular formula is C23H28N4O3S. The molecule has 7 nitrogen and oxygen atoms in total. The van der Waals surface area contributed by atoms with E-state index in [1.54, 1.807) is 10.9 Å². The average Bonchev–Trinajstić information content (AvgIpc) is 3.32. The number of piperidine rings is 1. The van der Waals surface area contributed by atoms with E-state index in [-0.39, 0.29) is 31.0 Å². The normalized spacial score (nSPS) is 16.6. The van der Waals surface area contributed by atoms with Crippen LogP contribution in [0.15, 0.2) is 30.5 Å². The molecule has 1 aliphatic heterocycles. The highest BCUT2D eigenvalue weighted by molar-refractivity contribution is 7.21. The number of hydrogen-bond acceptors (Lipinski definition) is 5. The van der Waals surface area contributed by atoms with Crippen LogP contribution in [-0.2, 0) is 13.5 Å². The topological polar surface area (TPSA) is 87.5 Å². The number of rotatable bonds is 6. The van der Waals surface area contributed by atoms with E-state index in [0.717, 1.165) is 40.6 Å². The molecule has 2 aromatic heterocycles. The fraction of sp³-hybridized carbons (Fsp3) is 0.435. The summed E-state index contributed by atoms with van der Waals surface area (Å²) in [4.78, 5) is 28.8. The van der Waals surface area contributed by atoms with E-state index in [1.165, 1.54) is 11.3 Å². The molecule has 1 aromatic carbocycles. The molecule has 4 rings (SSSR count). The van der Waals surface area contributed by atoms with Gasteiger partial charge in [-0.3, -0.25) is 14.3 Å².